The number of aliphatic carboxylic acids is 2. The maximum atomic E-state index is 13.2. The van der Waals surface area contributed by atoms with Crippen LogP contribution in [-0.4, -0.2) is 72.3 Å². The van der Waals surface area contributed by atoms with Crippen molar-refractivity contribution in [2.45, 2.75) is 42.8 Å². The van der Waals surface area contributed by atoms with E-state index in [2.05, 4.69) is 20.6 Å². The van der Waals surface area contributed by atoms with E-state index in [1.165, 1.54) is 21.8 Å². The number of nitrogens with one attached hydrogen (secondary N) is 1. The fourth-order valence-electron chi connectivity index (χ4n) is 4.23. The van der Waals surface area contributed by atoms with Crippen LogP contribution in [0, 0.1) is 0 Å². The number of carboxylic acids is 2. The molecule has 14 nitrogen and oxygen atoms in total. The lowest BCUT2D eigenvalue weighted by molar-refractivity contribution is -0.746. The summed E-state index contributed by atoms with van der Waals surface area (Å²) in [6, 6.07) is 2.40. The molecule has 0 bridgehead atoms. The zero-order valence-corrected chi connectivity index (χ0v) is 21.2. The van der Waals surface area contributed by atoms with E-state index in [1.807, 2.05) is 0 Å². The Morgan fingerprint density at radius 1 is 1.37 bits per heavy atom. The van der Waals surface area contributed by atoms with Crippen molar-refractivity contribution in [3.8, 4) is 0 Å². The van der Waals surface area contributed by atoms with Crippen molar-refractivity contribution in [2.24, 2.45) is 5.16 Å². The van der Waals surface area contributed by atoms with Crippen LogP contribution in [0.2, 0.25) is 0 Å². The number of aromatic nitrogens is 3. The molecule has 0 radical (unpaired) electrons. The number of nitrogens with zero attached hydrogens (tertiary/aromatic N) is 5. The van der Waals surface area contributed by atoms with Gasteiger partial charge >= 0.3 is 5.97 Å². The molecule has 5 rings (SSSR count). The number of β-lactam (4-membered cyclic amide) rings is 1. The largest absolute Gasteiger partial charge is 0.543 e. The van der Waals surface area contributed by atoms with Crippen molar-refractivity contribution in [1.82, 2.24) is 20.3 Å². The van der Waals surface area contributed by atoms with E-state index in [0.717, 1.165) is 16.2 Å². The molecule has 4 heterocycles. The summed E-state index contributed by atoms with van der Waals surface area (Å²) in [4.78, 5) is 60.3. The van der Waals surface area contributed by atoms with Crippen LogP contribution < -0.4 is 20.8 Å². The average Bonchev–Trinajstić information content (AvgIpc) is 3.29. The number of hydrogen-bond donors (Lipinski definition) is 3. The number of nitrogens with two attached hydrogens (primary N) is 1. The highest BCUT2D eigenvalue weighted by molar-refractivity contribution is 8.00. The number of rotatable bonds is 9. The molecule has 1 aliphatic carbocycles. The predicted molar refractivity (Wildman–Crippen MR) is 130 cm³/mol. The lowest BCUT2D eigenvalue weighted by Crippen LogP contribution is -2.71. The normalized spacial score (nSPS) is 22.2. The van der Waals surface area contributed by atoms with Gasteiger partial charge in [0.1, 0.15) is 17.1 Å². The fourth-order valence-corrected chi connectivity index (χ4v) is 6.11. The van der Waals surface area contributed by atoms with Crippen LogP contribution in [0.4, 0.5) is 5.13 Å². The molecule has 2 atom stereocenters. The van der Waals surface area contributed by atoms with E-state index in [9.17, 15) is 29.4 Å². The first-order chi connectivity index (χ1) is 18.2. The molecule has 0 spiro atoms. The van der Waals surface area contributed by atoms with Gasteiger partial charge < -0.3 is 30.9 Å². The maximum absolute atomic E-state index is 13.2. The first-order valence-electron chi connectivity index (χ1n) is 11.4. The Balaban J connectivity index is 1.36. The summed E-state index contributed by atoms with van der Waals surface area (Å²) in [5.41, 5.74) is 4.06. The maximum Gasteiger partial charge on any atom is 0.350 e. The van der Waals surface area contributed by atoms with Crippen molar-refractivity contribution in [2.75, 3.05) is 11.5 Å². The van der Waals surface area contributed by atoms with Gasteiger partial charge in [0.25, 0.3) is 11.8 Å². The third kappa shape index (κ3) is 4.56. The number of thioether (sulfide) groups is 1. The van der Waals surface area contributed by atoms with E-state index < -0.39 is 40.8 Å². The van der Waals surface area contributed by atoms with Crippen molar-refractivity contribution in [1.29, 1.82) is 0 Å². The Labute approximate surface area is 223 Å². The van der Waals surface area contributed by atoms with Crippen LogP contribution in [0.15, 0.2) is 46.3 Å². The standard InChI is InChI=1S/C22H21N7O7S2/c23-21-25-12(10-38-21)13(27-36-22(20(34)35)4-3-5-22)16(30)26-14-17(31)29-15(19(32)33)11(9-37-18(14)29)8-28-7-2-1-6-24-28/h1-2,6-7,10,14,18H,3-5,8-9H2,(H4-,23,25,26,30,32,33,34,35)/b27-13-/t14-,18-/m1/s1. The van der Waals surface area contributed by atoms with Gasteiger partial charge in [-0.25, -0.2) is 9.78 Å². The minimum absolute atomic E-state index is 0.0507. The fraction of sp³-hybridized carbons (Fsp3) is 0.364. The molecule has 4 N–H and O–H groups in total. The molecule has 38 heavy (non-hydrogen) atoms. The third-order valence-electron chi connectivity index (χ3n) is 6.39. The van der Waals surface area contributed by atoms with Crippen LogP contribution in [0.1, 0.15) is 25.0 Å². The highest BCUT2D eigenvalue weighted by atomic mass is 32.2. The van der Waals surface area contributed by atoms with Crippen molar-refractivity contribution < 1.29 is 38.9 Å². The second-order valence-electron chi connectivity index (χ2n) is 8.75. The monoisotopic (exact) mass is 559 g/mol. The number of amides is 2. The van der Waals surface area contributed by atoms with Crippen LogP contribution in [-0.2, 0) is 30.6 Å². The molecular formula is C22H21N7O7S2. The number of hydrogen-bond acceptors (Lipinski definition) is 12. The predicted octanol–water partition coefficient (Wildman–Crippen LogP) is -1.76. The number of carbonyl (C=O) groups is 4. The van der Waals surface area contributed by atoms with Gasteiger partial charge in [-0.3, -0.25) is 14.5 Å². The highest BCUT2D eigenvalue weighted by Crippen LogP contribution is 2.40. The molecule has 2 aromatic heterocycles. The molecule has 2 aromatic rings. The molecule has 3 aliphatic rings. The van der Waals surface area contributed by atoms with Crippen LogP contribution in [0.5, 0.6) is 0 Å². The van der Waals surface area contributed by atoms with Gasteiger partial charge in [0, 0.05) is 35.6 Å². The molecule has 0 unspecified atom stereocenters. The molecule has 1 saturated carbocycles. The second-order valence-corrected chi connectivity index (χ2v) is 10.7. The number of carbonyl (C=O) groups excluding carboxylic acids is 3. The van der Waals surface area contributed by atoms with E-state index in [4.69, 9.17) is 10.6 Å². The number of thiazole rings is 1. The van der Waals surface area contributed by atoms with Crippen molar-refractivity contribution >= 4 is 57.7 Å². The van der Waals surface area contributed by atoms with Crippen molar-refractivity contribution in [3.63, 3.8) is 0 Å². The van der Waals surface area contributed by atoms with Gasteiger partial charge in [0.05, 0.1) is 17.9 Å². The lowest BCUT2D eigenvalue weighted by Gasteiger charge is -2.50. The zero-order valence-electron chi connectivity index (χ0n) is 19.6. The Morgan fingerprint density at radius 2 is 2.16 bits per heavy atom. The SMILES string of the molecule is Nc1nc(/C(=N/OC2(C(=O)O)CCC2)C(=O)N[C@@H]2C(=O)N3C(C(=O)[O-])=C(C[n+]4ccccn4)CS[C@H]23)cs1. The summed E-state index contributed by atoms with van der Waals surface area (Å²) in [6.07, 6.45) is 4.32. The molecule has 16 heteroatoms. The van der Waals surface area contributed by atoms with Crippen LogP contribution in [0.3, 0.4) is 0 Å². The number of fused-ring (bicyclic) bond motifs is 1. The molecule has 198 valence electrons. The minimum Gasteiger partial charge on any atom is -0.543 e. The Bertz CT molecular complexity index is 1370. The quantitative estimate of drug-likeness (QED) is 0.136. The van der Waals surface area contributed by atoms with Gasteiger partial charge in [-0.1, -0.05) is 9.84 Å². The first kappa shape index (κ1) is 25.6. The molecule has 0 aromatic carbocycles. The number of carboxylic acid groups (broad SMARTS) is 2. The van der Waals surface area contributed by atoms with Gasteiger partial charge in [-0.2, -0.15) is 0 Å². The molecule has 2 fully saturated rings. The average molecular weight is 560 g/mol. The van der Waals surface area contributed by atoms with Crippen LogP contribution >= 0.6 is 23.1 Å². The Kier molecular flexibility index (Phi) is 6.75. The third-order valence-corrected chi connectivity index (χ3v) is 8.41. The topological polar surface area (TPSA) is 204 Å². The number of anilines is 1. The summed E-state index contributed by atoms with van der Waals surface area (Å²) in [5, 5.41) is 32.9. The summed E-state index contributed by atoms with van der Waals surface area (Å²) in [7, 11) is 0. The summed E-state index contributed by atoms with van der Waals surface area (Å²) in [6.45, 7) is 0.148. The smallest absolute Gasteiger partial charge is 0.350 e. The number of nitrogen functional groups attached to an aromatic ring is 1. The summed E-state index contributed by atoms with van der Waals surface area (Å²) < 4.78 is 1.54. The van der Waals surface area contributed by atoms with E-state index in [-0.39, 0.29) is 47.4 Å². The van der Waals surface area contributed by atoms with Crippen molar-refractivity contribution in [3.05, 3.63) is 46.9 Å². The van der Waals surface area contributed by atoms with Gasteiger partial charge in [-0.15, -0.1) is 23.1 Å². The molecule has 2 aliphatic heterocycles. The summed E-state index contributed by atoms with van der Waals surface area (Å²) in [5.74, 6) is -3.93. The molecule has 1 saturated heterocycles. The number of oxime groups is 1. The Hall–Kier alpha value is -4.05. The van der Waals surface area contributed by atoms with E-state index >= 15 is 0 Å². The highest BCUT2D eigenvalue weighted by Gasteiger charge is 2.54. The van der Waals surface area contributed by atoms with E-state index in [0.29, 0.717) is 12.0 Å². The van der Waals surface area contributed by atoms with E-state index in [1.54, 1.807) is 24.5 Å². The first-order valence-corrected chi connectivity index (χ1v) is 13.3. The minimum atomic E-state index is -1.54. The second kappa shape index (κ2) is 10.0. The molecule has 2 amide bonds. The lowest BCUT2D eigenvalue weighted by atomic mass is 9.80. The molecular weight excluding hydrogens is 538 g/mol. The van der Waals surface area contributed by atoms with Gasteiger partial charge in [0.2, 0.25) is 5.60 Å². The van der Waals surface area contributed by atoms with Gasteiger partial charge in [0.15, 0.2) is 23.6 Å². The summed E-state index contributed by atoms with van der Waals surface area (Å²) >= 11 is 2.32. The Morgan fingerprint density at radius 3 is 2.74 bits per heavy atom. The van der Waals surface area contributed by atoms with Gasteiger partial charge in [-0.05, 0) is 17.6 Å². The van der Waals surface area contributed by atoms with Crippen LogP contribution in [0.25, 0.3) is 0 Å². The zero-order chi connectivity index (χ0) is 27.0.